The third kappa shape index (κ3) is 1.98. The molecule has 0 aliphatic carbocycles. The first-order chi connectivity index (χ1) is 5.65. The fraction of sp³-hybridized carbons (Fsp3) is 0. The lowest BCUT2D eigenvalue weighted by atomic mass is 10.2. The van der Waals surface area contributed by atoms with Gasteiger partial charge in [-0.05, 0) is 28.1 Å². The normalized spacial score (nSPS) is 10.8. The molecule has 0 bridgehead atoms. The summed E-state index contributed by atoms with van der Waals surface area (Å²) in [7, 11) is 0. The van der Waals surface area contributed by atoms with Gasteiger partial charge in [0.2, 0.25) is 0 Å². The number of nitrogens with two attached hydrogens (primary N) is 1. The van der Waals surface area contributed by atoms with E-state index in [-0.39, 0.29) is 5.75 Å². The molecule has 0 heterocycles. The fourth-order valence-electron chi connectivity index (χ4n) is 0.733. The maximum atomic E-state index is 9.28. The van der Waals surface area contributed by atoms with Gasteiger partial charge in [-0.15, -0.1) is 0 Å². The zero-order chi connectivity index (χ0) is 9.14. The van der Waals surface area contributed by atoms with E-state index in [0.29, 0.717) is 4.47 Å². The second-order valence-electron chi connectivity index (χ2n) is 2.10. The zero-order valence-electron chi connectivity index (χ0n) is 5.96. The van der Waals surface area contributed by atoms with E-state index in [4.69, 9.17) is 5.84 Å². The summed E-state index contributed by atoms with van der Waals surface area (Å²) in [6, 6.07) is 3.29. The Hall–Kier alpha value is -0.550. The summed E-state index contributed by atoms with van der Waals surface area (Å²) in [5.41, 5.74) is 0.734. The summed E-state index contributed by atoms with van der Waals surface area (Å²) in [6.07, 6.45) is 1.45. The maximum absolute atomic E-state index is 9.28. The first kappa shape index (κ1) is 9.54. The van der Waals surface area contributed by atoms with Gasteiger partial charge in [0, 0.05) is 10.0 Å². The Balaban J connectivity index is 3.23. The van der Waals surface area contributed by atoms with Gasteiger partial charge in [-0.1, -0.05) is 15.9 Å². The molecular formula is C7H6Br2N2O. The lowest BCUT2D eigenvalue weighted by Gasteiger charge is -2.00. The summed E-state index contributed by atoms with van der Waals surface area (Å²) < 4.78 is 1.45. The number of hydrogen-bond acceptors (Lipinski definition) is 3. The molecule has 1 aromatic carbocycles. The molecule has 1 aromatic rings. The minimum absolute atomic E-state index is 0.160. The monoisotopic (exact) mass is 292 g/mol. The second kappa shape index (κ2) is 3.91. The number of rotatable bonds is 1. The zero-order valence-corrected chi connectivity index (χ0v) is 9.13. The molecule has 0 spiro atoms. The van der Waals surface area contributed by atoms with E-state index in [9.17, 15) is 5.11 Å². The molecule has 0 aliphatic heterocycles. The van der Waals surface area contributed by atoms with Crippen molar-refractivity contribution in [3.63, 3.8) is 0 Å². The van der Waals surface area contributed by atoms with Gasteiger partial charge >= 0.3 is 0 Å². The molecule has 0 saturated carbocycles. The quantitative estimate of drug-likeness (QED) is 0.474. The van der Waals surface area contributed by atoms with Crippen LogP contribution in [0.15, 0.2) is 26.2 Å². The van der Waals surface area contributed by atoms with Crippen molar-refractivity contribution in [3.05, 3.63) is 26.6 Å². The van der Waals surface area contributed by atoms with Crippen LogP contribution >= 0.6 is 31.9 Å². The van der Waals surface area contributed by atoms with Crippen LogP contribution in [0, 0.1) is 0 Å². The lowest BCUT2D eigenvalue weighted by molar-refractivity contribution is 0.471. The van der Waals surface area contributed by atoms with Gasteiger partial charge in [-0.25, -0.2) is 0 Å². The molecule has 0 saturated heterocycles. The minimum atomic E-state index is 0.160. The first-order valence-electron chi connectivity index (χ1n) is 3.06. The highest BCUT2D eigenvalue weighted by Gasteiger charge is 2.03. The average molecular weight is 294 g/mol. The molecular weight excluding hydrogens is 288 g/mol. The highest BCUT2D eigenvalue weighted by atomic mass is 79.9. The number of hydrogen-bond donors (Lipinski definition) is 2. The Morgan fingerprint density at radius 1 is 1.33 bits per heavy atom. The fourth-order valence-corrected chi connectivity index (χ4v) is 1.83. The summed E-state index contributed by atoms with van der Waals surface area (Å²) in [4.78, 5) is 0. The van der Waals surface area contributed by atoms with E-state index in [1.165, 1.54) is 6.21 Å². The van der Waals surface area contributed by atoms with Gasteiger partial charge in [0.05, 0.1) is 10.7 Å². The van der Waals surface area contributed by atoms with Gasteiger partial charge in [0.15, 0.2) is 0 Å². The van der Waals surface area contributed by atoms with Gasteiger partial charge in [-0.3, -0.25) is 0 Å². The van der Waals surface area contributed by atoms with Crippen LogP contribution in [-0.4, -0.2) is 11.3 Å². The third-order valence-electron chi connectivity index (χ3n) is 1.28. The van der Waals surface area contributed by atoms with Crippen LogP contribution in [0.3, 0.4) is 0 Å². The van der Waals surface area contributed by atoms with Crippen LogP contribution < -0.4 is 5.84 Å². The van der Waals surface area contributed by atoms with Crippen molar-refractivity contribution in [1.82, 2.24) is 0 Å². The maximum Gasteiger partial charge on any atom is 0.130 e. The number of phenols is 1. The van der Waals surface area contributed by atoms with Gasteiger partial charge in [0.25, 0.3) is 0 Å². The molecule has 5 heteroatoms. The van der Waals surface area contributed by atoms with Gasteiger partial charge < -0.3 is 10.9 Å². The number of phenolic OH excluding ortho intramolecular Hbond substituents is 1. The molecule has 0 unspecified atom stereocenters. The number of halogens is 2. The molecule has 0 aromatic heterocycles. The number of aromatic hydroxyl groups is 1. The smallest absolute Gasteiger partial charge is 0.130 e. The molecule has 1 rings (SSSR count). The SMILES string of the molecule is NN=Cc1cc(O)c(Br)cc1Br. The van der Waals surface area contributed by atoms with Crippen LogP contribution in [0.2, 0.25) is 0 Å². The van der Waals surface area contributed by atoms with Crippen molar-refractivity contribution in [2.75, 3.05) is 0 Å². The summed E-state index contributed by atoms with van der Waals surface area (Å²) in [5, 5.41) is 12.6. The Morgan fingerprint density at radius 2 is 2.00 bits per heavy atom. The van der Waals surface area contributed by atoms with Crippen molar-refractivity contribution >= 4 is 38.1 Å². The largest absolute Gasteiger partial charge is 0.507 e. The molecule has 0 aliphatic rings. The number of nitrogens with zero attached hydrogens (tertiary/aromatic N) is 1. The van der Waals surface area contributed by atoms with E-state index in [0.717, 1.165) is 10.0 Å². The topological polar surface area (TPSA) is 58.6 Å². The van der Waals surface area contributed by atoms with Crippen molar-refractivity contribution < 1.29 is 5.11 Å². The summed E-state index contributed by atoms with van der Waals surface area (Å²) in [6.45, 7) is 0. The molecule has 64 valence electrons. The Labute approximate surface area is 86.5 Å². The highest BCUT2D eigenvalue weighted by Crippen LogP contribution is 2.29. The van der Waals surface area contributed by atoms with Crippen molar-refractivity contribution in [2.24, 2.45) is 10.9 Å². The Kier molecular flexibility index (Phi) is 3.11. The number of hydrazone groups is 1. The predicted octanol–water partition coefficient (Wildman–Crippen LogP) is 2.21. The van der Waals surface area contributed by atoms with Crippen molar-refractivity contribution in [3.8, 4) is 5.75 Å². The first-order valence-corrected chi connectivity index (χ1v) is 4.65. The lowest BCUT2D eigenvalue weighted by Crippen LogP contribution is -1.88. The highest BCUT2D eigenvalue weighted by molar-refractivity contribution is 9.11. The van der Waals surface area contributed by atoms with E-state index in [1.807, 2.05) is 0 Å². The third-order valence-corrected chi connectivity index (χ3v) is 2.60. The van der Waals surface area contributed by atoms with Gasteiger partial charge in [-0.2, -0.15) is 5.10 Å². The Bertz CT molecular complexity index is 325. The van der Waals surface area contributed by atoms with Crippen LogP contribution in [0.5, 0.6) is 5.75 Å². The van der Waals surface area contributed by atoms with E-state index < -0.39 is 0 Å². The molecule has 0 radical (unpaired) electrons. The molecule has 3 nitrogen and oxygen atoms in total. The molecule has 0 amide bonds. The van der Waals surface area contributed by atoms with Crippen molar-refractivity contribution in [2.45, 2.75) is 0 Å². The Morgan fingerprint density at radius 3 is 2.58 bits per heavy atom. The predicted molar refractivity (Wildman–Crippen MR) is 55.3 cm³/mol. The molecule has 3 N–H and O–H groups in total. The summed E-state index contributed by atoms with van der Waals surface area (Å²) >= 11 is 6.47. The van der Waals surface area contributed by atoms with E-state index in [2.05, 4.69) is 37.0 Å². The molecule has 0 fully saturated rings. The minimum Gasteiger partial charge on any atom is -0.507 e. The van der Waals surface area contributed by atoms with Crippen LogP contribution in [0.1, 0.15) is 5.56 Å². The second-order valence-corrected chi connectivity index (χ2v) is 3.81. The average Bonchev–Trinajstić information content (AvgIpc) is 2.01. The van der Waals surface area contributed by atoms with Crippen LogP contribution in [-0.2, 0) is 0 Å². The standard InChI is InChI=1S/C7H6Br2N2O/c8-5-2-6(9)7(12)1-4(5)3-11-10/h1-3,12H,10H2. The van der Waals surface area contributed by atoms with Crippen LogP contribution in [0.4, 0.5) is 0 Å². The van der Waals surface area contributed by atoms with E-state index >= 15 is 0 Å². The van der Waals surface area contributed by atoms with Gasteiger partial charge in [0.1, 0.15) is 5.75 Å². The molecule has 12 heavy (non-hydrogen) atoms. The molecule has 0 atom stereocenters. The summed E-state index contributed by atoms with van der Waals surface area (Å²) in [5.74, 6) is 5.13. The van der Waals surface area contributed by atoms with E-state index in [1.54, 1.807) is 12.1 Å². The van der Waals surface area contributed by atoms with Crippen molar-refractivity contribution in [1.29, 1.82) is 0 Å². The number of benzene rings is 1. The van der Waals surface area contributed by atoms with Crippen LogP contribution in [0.25, 0.3) is 0 Å².